The average Bonchev–Trinajstić information content (AvgIpc) is 2.33. The number of hydroxylamine groups is 1. The van der Waals surface area contributed by atoms with Gasteiger partial charge in [-0.1, -0.05) is 0 Å². The molecule has 88 valence electrons. The second-order valence-corrected chi connectivity index (χ2v) is 3.64. The Kier molecular flexibility index (Phi) is 3.46. The summed E-state index contributed by atoms with van der Waals surface area (Å²) in [7, 11) is 0. The Hall–Kier alpha value is -1.49. The van der Waals surface area contributed by atoms with Crippen molar-refractivity contribution in [2.45, 2.75) is 19.8 Å². The van der Waals surface area contributed by atoms with Gasteiger partial charge in [0, 0.05) is 6.54 Å². The van der Waals surface area contributed by atoms with Gasteiger partial charge in [-0.25, -0.2) is 5.06 Å². The van der Waals surface area contributed by atoms with Gasteiger partial charge in [0.05, 0.1) is 18.9 Å². The minimum Gasteiger partial charge on any atom is -0.476 e. The van der Waals surface area contributed by atoms with Gasteiger partial charge in [-0.3, -0.25) is 4.84 Å². The Labute approximate surface area is 95.1 Å². The summed E-state index contributed by atoms with van der Waals surface area (Å²) in [4.78, 5) is 9.85. The third-order valence-electron chi connectivity index (χ3n) is 2.41. The highest BCUT2D eigenvalue weighted by molar-refractivity contribution is 5.53. The molecular weight excluding hydrogens is 206 g/mol. The second kappa shape index (κ2) is 5.03. The fourth-order valence-electron chi connectivity index (χ4n) is 1.61. The lowest BCUT2D eigenvalue weighted by Crippen LogP contribution is -2.30. The Morgan fingerprint density at radius 1 is 1.50 bits per heavy atom. The number of nitrogens with two attached hydrogens (primary N) is 1. The molecule has 2 N–H and O–H groups in total. The van der Waals surface area contributed by atoms with Crippen molar-refractivity contribution < 1.29 is 9.57 Å². The molecule has 0 radical (unpaired) electrons. The predicted octanol–water partition coefficient (Wildman–Crippen LogP) is 1.59. The first-order valence-electron chi connectivity index (χ1n) is 5.61. The molecule has 16 heavy (non-hydrogen) atoms. The summed E-state index contributed by atoms with van der Waals surface area (Å²) in [6.07, 6.45) is 2.22. The zero-order valence-electron chi connectivity index (χ0n) is 9.48. The summed E-state index contributed by atoms with van der Waals surface area (Å²) in [6.45, 7) is 4.07. The monoisotopic (exact) mass is 223 g/mol. The average molecular weight is 223 g/mol. The van der Waals surface area contributed by atoms with Crippen molar-refractivity contribution in [3.05, 3.63) is 12.1 Å². The quantitative estimate of drug-likeness (QED) is 0.843. The van der Waals surface area contributed by atoms with E-state index >= 15 is 0 Å². The van der Waals surface area contributed by atoms with E-state index in [9.17, 15) is 0 Å². The van der Waals surface area contributed by atoms with Crippen LogP contribution in [0.1, 0.15) is 19.8 Å². The van der Waals surface area contributed by atoms with Crippen molar-refractivity contribution in [2.24, 2.45) is 0 Å². The van der Waals surface area contributed by atoms with Crippen LogP contribution in [0.15, 0.2) is 12.1 Å². The molecule has 0 amide bonds. The van der Waals surface area contributed by atoms with Gasteiger partial charge in [0.15, 0.2) is 5.82 Å². The molecule has 1 fully saturated rings. The first-order chi connectivity index (χ1) is 7.81. The fourth-order valence-corrected chi connectivity index (χ4v) is 1.61. The van der Waals surface area contributed by atoms with Crippen LogP contribution in [0.5, 0.6) is 5.88 Å². The van der Waals surface area contributed by atoms with E-state index in [1.807, 2.05) is 13.0 Å². The van der Waals surface area contributed by atoms with Crippen LogP contribution in [0, 0.1) is 0 Å². The van der Waals surface area contributed by atoms with Crippen LogP contribution in [0.2, 0.25) is 0 Å². The van der Waals surface area contributed by atoms with Crippen molar-refractivity contribution in [3.8, 4) is 5.88 Å². The van der Waals surface area contributed by atoms with E-state index in [0.29, 0.717) is 18.2 Å². The van der Waals surface area contributed by atoms with Crippen molar-refractivity contribution in [3.63, 3.8) is 0 Å². The lowest BCUT2D eigenvalue weighted by molar-refractivity contribution is 0.0758. The molecule has 2 heterocycles. The lowest BCUT2D eigenvalue weighted by atomic mass is 10.3. The molecule has 1 aromatic heterocycles. The minimum absolute atomic E-state index is 0.481. The third kappa shape index (κ3) is 2.36. The van der Waals surface area contributed by atoms with E-state index in [4.69, 9.17) is 15.3 Å². The summed E-state index contributed by atoms with van der Waals surface area (Å²) in [6, 6.07) is 3.65. The maximum absolute atomic E-state index is 5.76. The van der Waals surface area contributed by atoms with Crippen molar-refractivity contribution >= 4 is 11.5 Å². The topological polar surface area (TPSA) is 60.6 Å². The number of nitrogen functional groups attached to an aromatic ring is 1. The van der Waals surface area contributed by atoms with Crippen LogP contribution in [-0.2, 0) is 4.84 Å². The van der Waals surface area contributed by atoms with Gasteiger partial charge < -0.3 is 10.5 Å². The molecule has 0 aromatic carbocycles. The molecule has 1 aliphatic heterocycles. The molecule has 0 bridgehead atoms. The van der Waals surface area contributed by atoms with E-state index in [2.05, 4.69) is 4.98 Å². The molecule has 5 nitrogen and oxygen atoms in total. The molecule has 0 atom stereocenters. The number of hydrogen-bond donors (Lipinski definition) is 1. The summed E-state index contributed by atoms with van der Waals surface area (Å²) in [5.41, 5.74) is 6.32. The van der Waals surface area contributed by atoms with Crippen LogP contribution in [0.25, 0.3) is 0 Å². The molecule has 0 unspecified atom stereocenters. The summed E-state index contributed by atoms with van der Waals surface area (Å²) < 4.78 is 5.35. The van der Waals surface area contributed by atoms with Gasteiger partial charge in [-0.05, 0) is 31.9 Å². The number of ether oxygens (including phenoxy) is 1. The number of pyridine rings is 1. The highest BCUT2D eigenvalue weighted by atomic mass is 16.7. The molecule has 0 aliphatic carbocycles. The largest absolute Gasteiger partial charge is 0.476 e. The Morgan fingerprint density at radius 2 is 2.38 bits per heavy atom. The van der Waals surface area contributed by atoms with E-state index in [1.165, 1.54) is 0 Å². The highest BCUT2D eigenvalue weighted by Gasteiger charge is 2.14. The molecule has 5 heteroatoms. The maximum atomic E-state index is 5.76. The predicted molar refractivity (Wildman–Crippen MR) is 62.4 cm³/mol. The van der Waals surface area contributed by atoms with Crippen LogP contribution in [0.3, 0.4) is 0 Å². The molecule has 1 saturated heterocycles. The van der Waals surface area contributed by atoms with Gasteiger partial charge in [-0.15, -0.1) is 0 Å². The first-order valence-corrected chi connectivity index (χ1v) is 5.61. The highest BCUT2D eigenvalue weighted by Crippen LogP contribution is 2.24. The lowest BCUT2D eigenvalue weighted by Gasteiger charge is -2.27. The molecule has 0 spiro atoms. The van der Waals surface area contributed by atoms with Crippen molar-refractivity contribution in [1.29, 1.82) is 0 Å². The third-order valence-corrected chi connectivity index (χ3v) is 2.41. The zero-order valence-corrected chi connectivity index (χ0v) is 9.48. The van der Waals surface area contributed by atoms with Crippen LogP contribution < -0.4 is 15.5 Å². The van der Waals surface area contributed by atoms with Gasteiger partial charge in [0.25, 0.3) is 0 Å². The Balaban J connectivity index is 2.17. The number of nitrogens with zero attached hydrogens (tertiary/aromatic N) is 2. The smallest absolute Gasteiger partial charge is 0.239 e. The van der Waals surface area contributed by atoms with Crippen LogP contribution in [-0.4, -0.2) is 24.7 Å². The summed E-state index contributed by atoms with van der Waals surface area (Å²) >= 11 is 0. The van der Waals surface area contributed by atoms with E-state index < -0.39 is 0 Å². The molecule has 1 aromatic rings. The second-order valence-electron chi connectivity index (χ2n) is 3.64. The van der Waals surface area contributed by atoms with E-state index in [0.717, 1.165) is 31.8 Å². The molecule has 0 saturated carbocycles. The Bertz CT molecular complexity index is 351. The molecular formula is C11H17N3O2. The van der Waals surface area contributed by atoms with E-state index in [-0.39, 0.29) is 0 Å². The van der Waals surface area contributed by atoms with Gasteiger partial charge in [-0.2, -0.15) is 4.98 Å². The van der Waals surface area contributed by atoms with Crippen LogP contribution in [0.4, 0.5) is 11.5 Å². The number of aromatic nitrogens is 1. The fraction of sp³-hybridized carbons (Fsp3) is 0.545. The summed E-state index contributed by atoms with van der Waals surface area (Å²) in [5, 5.41) is 1.80. The standard InChI is InChI=1S/C11H17N3O2/c1-2-15-11-9(12)5-6-10(13-11)14-7-3-4-8-16-14/h5-6H,2-4,7-8,12H2,1H3. The van der Waals surface area contributed by atoms with Crippen molar-refractivity contribution in [2.75, 3.05) is 30.6 Å². The summed E-state index contributed by atoms with van der Waals surface area (Å²) in [5.74, 6) is 1.24. The zero-order chi connectivity index (χ0) is 11.4. The molecule has 1 aliphatic rings. The minimum atomic E-state index is 0.481. The van der Waals surface area contributed by atoms with Crippen LogP contribution >= 0.6 is 0 Å². The van der Waals surface area contributed by atoms with Gasteiger partial charge in [0.1, 0.15) is 0 Å². The Morgan fingerprint density at radius 3 is 3.06 bits per heavy atom. The number of hydrogen-bond acceptors (Lipinski definition) is 5. The van der Waals surface area contributed by atoms with Crippen molar-refractivity contribution in [1.82, 2.24) is 4.98 Å². The van der Waals surface area contributed by atoms with Gasteiger partial charge >= 0.3 is 0 Å². The van der Waals surface area contributed by atoms with E-state index in [1.54, 1.807) is 11.1 Å². The SMILES string of the molecule is CCOc1nc(N2CCCCO2)ccc1N. The number of anilines is 2. The number of rotatable bonds is 3. The first kappa shape index (κ1) is 11.0. The van der Waals surface area contributed by atoms with Gasteiger partial charge in [0.2, 0.25) is 5.88 Å². The molecule has 2 rings (SSSR count). The maximum Gasteiger partial charge on any atom is 0.239 e. The normalized spacial score (nSPS) is 16.2.